The van der Waals surface area contributed by atoms with Crippen LogP contribution >= 0.6 is 0 Å². The van der Waals surface area contributed by atoms with Crippen molar-refractivity contribution in [3.05, 3.63) is 74.3 Å². The van der Waals surface area contributed by atoms with Gasteiger partial charge in [-0.25, -0.2) is 0 Å². The lowest BCUT2D eigenvalue weighted by atomic mass is 10.0. The molecule has 1 aliphatic rings. The summed E-state index contributed by atoms with van der Waals surface area (Å²) < 4.78 is 0. The van der Waals surface area contributed by atoms with Gasteiger partial charge in [0.1, 0.15) is 0 Å². The van der Waals surface area contributed by atoms with E-state index in [0.29, 0.717) is 18.4 Å². The first-order chi connectivity index (χ1) is 13.0. The van der Waals surface area contributed by atoms with Crippen LogP contribution in [0.2, 0.25) is 0 Å². The molecule has 2 aromatic rings. The fourth-order valence-electron chi connectivity index (χ4n) is 3.24. The fourth-order valence-corrected chi connectivity index (χ4v) is 3.24. The van der Waals surface area contributed by atoms with Gasteiger partial charge in [0.2, 0.25) is 0 Å². The zero-order valence-electron chi connectivity index (χ0n) is 14.4. The first kappa shape index (κ1) is 18.5. The number of carbonyl (C=O) groups excluding carboxylic acids is 1. The molecule has 0 saturated carbocycles. The summed E-state index contributed by atoms with van der Waals surface area (Å²) in [5.74, 6) is -0.286. The van der Waals surface area contributed by atoms with Gasteiger partial charge >= 0.3 is 11.4 Å². The quantitative estimate of drug-likeness (QED) is 0.638. The summed E-state index contributed by atoms with van der Waals surface area (Å²) in [6.07, 6.45) is 1.37. The van der Waals surface area contributed by atoms with E-state index >= 15 is 0 Å². The van der Waals surface area contributed by atoms with Crippen LogP contribution in [0, 0.1) is 20.2 Å². The maximum absolute atomic E-state index is 13.1. The van der Waals surface area contributed by atoms with E-state index in [0.717, 1.165) is 25.2 Å². The number of carbonyl (C=O) groups is 1. The number of piperidine rings is 1. The Labute approximate surface area is 154 Å². The standard InChI is InChI=1S/C18H18N4O5/c23-18(13-4-2-1-3-5-13)20(14-8-10-19-11-9-14)15-6-7-16(21(24)25)17(12-15)22(26)27/h1-7,12,14,19H,8-11H2. The van der Waals surface area contributed by atoms with Crippen LogP contribution < -0.4 is 10.2 Å². The van der Waals surface area contributed by atoms with Crippen molar-refractivity contribution < 1.29 is 14.6 Å². The number of nitrogens with one attached hydrogen (secondary N) is 1. The molecule has 0 bridgehead atoms. The average Bonchev–Trinajstić information content (AvgIpc) is 2.69. The Morgan fingerprint density at radius 3 is 2.19 bits per heavy atom. The number of anilines is 1. The van der Waals surface area contributed by atoms with Crippen LogP contribution in [-0.4, -0.2) is 34.9 Å². The highest BCUT2D eigenvalue weighted by Gasteiger charge is 2.31. The van der Waals surface area contributed by atoms with Crippen molar-refractivity contribution >= 4 is 23.0 Å². The van der Waals surface area contributed by atoms with Crippen molar-refractivity contribution in [1.29, 1.82) is 0 Å². The summed E-state index contributed by atoms with van der Waals surface area (Å²) in [7, 11) is 0. The maximum Gasteiger partial charge on any atom is 0.348 e. The van der Waals surface area contributed by atoms with Crippen LogP contribution in [0.4, 0.5) is 17.1 Å². The van der Waals surface area contributed by atoms with Gasteiger partial charge in [-0.3, -0.25) is 25.0 Å². The van der Waals surface area contributed by atoms with E-state index in [9.17, 15) is 25.0 Å². The highest BCUT2D eigenvalue weighted by atomic mass is 16.6. The molecular weight excluding hydrogens is 352 g/mol. The highest BCUT2D eigenvalue weighted by Crippen LogP contribution is 2.33. The van der Waals surface area contributed by atoms with Crippen molar-refractivity contribution in [2.75, 3.05) is 18.0 Å². The molecule has 0 spiro atoms. The molecular formula is C18H18N4O5. The third kappa shape index (κ3) is 3.93. The molecule has 1 aliphatic heterocycles. The van der Waals surface area contributed by atoms with E-state index in [1.54, 1.807) is 30.3 Å². The second-order valence-corrected chi connectivity index (χ2v) is 6.21. The van der Waals surface area contributed by atoms with Gasteiger partial charge in [0, 0.05) is 23.7 Å². The second kappa shape index (κ2) is 7.92. The molecule has 9 nitrogen and oxygen atoms in total. The van der Waals surface area contributed by atoms with Crippen LogP contribution in [0.15, 0.2) is 48.5 Å². The van der Waals surface area contributed by atoms with Gasteiger partial charge in [-0.2, -0.15) is 0 Å². The first-order valence-corrected chi connectivity index (χ1v) is 8.51. The zero-order chi connectivity index (χ0) is 19.4. The minimum Gasteiger partial charge on any atom is -0.317 e. The maximum atomic E-state index is 13.1. The number of rotatable bonds is 5. The molecule has 0 aromatic heterocycles. The molecule has 1 amide bonds. The van der Waals surface area contributed by atoms with E-state index < -0.39 is 21.2 Å². The molecule has 140 valence electrons. The van der Waals surface area contributed by atoms with Gasteiger partial charge in [0.15, 0.2) is 0 Å². The van der Waals surface area contributed by atoms with E-state index in [1.807, 2.05) is 0 Å². The number of hydrogen-bond donors (Lipinski definition) is 1. The topological polar surface area (TPSA) is 119 Å². The Balaban J connectivity index is 2.07. The Morgan fingerprint density at radius 1 is 0.963 bits per heavy atom. The van der Waals surface area contributed by atoms with Crippen molar-refractivity contribution in [3.8, 4) is 0 Å². The van der Waals surface area contributed by atoms with E-state index in [4.69, 9.17) is 0 Å². The van der Waals surface area contributed by atoms with E-state index in [-0.39, 0.29) is 17.6 Å². The van der Waals surface area contributed by atoms with Gasteiger partial charge in [0.25, 0.3) is 5.91 Å². The van der Waals surface area contributed by atoms with Crippen molar-refractivity contribution in [1.82, 2.24) is 5.32 Å². The lowest BCUT2D eigenvalue weighted by Crippen LogP contribution is -2.46. The Morgan fingerprint density at radius 2 is 1.59 bits per heavy atom. The van der Waals surface area contributed by atoms with Crippen LogP contribution in [-0.2, 0) is 0 Å². The van der Waals surface area contributed by atoms with E-state index in [1.165, 1.54) is 11.0 Å². The minimum absolute atomic E-state index is 0.153. The Kier molecular flexibility index (Phi) is 5.41. The zero-order valence-corrected chi connectivity index (χ0v) is 14.4. The van der Waals surface area contributed by atoms with Gasteiger partial charge in [-0.05, 0) is 44.1 Å². The normalized spacial score (nSPS) is 14.5. The van der Waals surface area contributed by atoms with Gasteiger partial charge < -0.3 is 10.2 Å². The van der Waals surface area contributed by atoms with Gasteiger partial charge in [-0.15, -0.1) is 0 Å². The monoisotopic (exact) mass is 370 g/mol. The third-order valence-electron chi connectivity index (χ3n) is 4.54. The highest BCUT2D eigenvalue weighted by molar-refractivity contribution is 6.06. The molecule has 1 saturated heterocycles. The number of benzene rings is 2. The van der Waals surface area contributed by atoms with Crippen molar-refractivity contribution in [2.24, 2.45) is 0 Å². The van der Waals surface area contributed by atoms with Crippen LogP contribution in [0.25, 0.3) is 0 Å². The lowest BCUT2D eigenvalue weighted by molar-refractivity contribution is -0.422. The van der Waals surface area contributed by atoms with Crippen molar-refractivity contribution in [3.63, 3.8) is 0 Å². The predicted octanol–water partition coefficient (Wildman–Crippen LogP) is 2.90. The molecule has 0 unspecified atom stereocenters. The first-order valence-electron chi connectivity index (χ1n) is 8.51. The molecule has 0 aliphatic carbocycles. The summed E-state index contributed by atoms with van der Waals surface area (Å²) in [5.41, 5.74) is -0.483. The molecule has 9 heteroatoms. The molecule has 1 N–H and O–H groups in total. The molecule has 3 rings (SSSR count). The van der Waals surface area contributed by atoms with Crippen LogP contribution in [0.1, 0.15) is 23.2 Å². The summed E-state index contributed by atoms with van der Waals surface area (Å²) in [6, 6.07) is 12.1. The Bertz CT molecular complexity index is 865. The van der Waals surface area contributed by atoms with Crippen molar-refractivity contribution in [2.45, 2.75) is 18.9 Å². The van der Waals surface area contributed by atoms with E-state index in [2.05, 4.69) is 5.32 Å². The number of amides is 1. The SMILES string of the molecule is O=C(c1ccccc1)N(c1ccc([N+](=O)[O-])c([N+](=O)[O-])c1)C1CCNCC1. The van der Waals surface area contributed by atoms with Crippen LogP contribution in [0.5, 0.6) is 0 Å². The lowest BCUT2D eigenvalue weighted by Gasteiger charge is -2.34. The molecule has 2 aromatic carbocycles. The molecule has 0 atom stereocenters. The largest absolute Gasteiger partial charge is 0.348 e. The number of nitro benzene ring substituents is 2. The summed E-state index contributed by atoms with van der Waals surface area (Å²) in [6.45, 7) is 1.44. The minimum atomic E-state index is -0.796. The smallest absolute Gasteiger partial charge is 0.317 e. The third-order valence-corrected chi connectivity index (χ3v) is 4.54. The fraction of sp³-hybridized carbons (Fsp3) is 0.278. The van der Waals surface area contributed by atoms with Crippen LogP contribution in [0.3, 0.4) is 0 Å². The number of nitro groups is 2. The van der Waals surface area contributed by atoms with Gasteiger partial charge in [-0.1, -0.05) is 18.2 Å². The molecule has 0 radical (unpaired) electrons. The van der Waals surface area contributed by atoms with Gasteiger partial charge in [0.05, 0.1) is 15.5 Å². The summed E-state index contributed by atoms with van der Waals surface area (Å²) >= 11 is 0. The summed E-state index contributed by atoms with van der Waals surface area (Å²) in [4.78, 5) is 35.5. The number of hydrogen-bond acceptors (Lipinski definition) is 6. The summed E-state index contributed by atoms with van der Waals surface area (Å²) in [5, 5.41) is 25.6. The number of nitrogens with zero attached hydrogens (tertiary/aromatic N) is 3. The molecule has 1 heterocycles. The molecule has 1 fully saturated rings. The second-order valence-electron chi connectivity index (χ2n) is 6.21. The average molecular weight is 370 g/mol. The Hall–Kier alpha value is -3.33. The predicted molar refractivity (Wildman–Crippen MR) is 98.9 cm³/mol. The molecule has 27 heavy (non-hydrogen) atoms.